The smallest absolute Gasteiger partial charge is 0.226 e. The largest absolute Gasteiger partial charge is 0.493 e. The average Bonchev–Trinajstić information content (AvgIpc) is 3.49. The molecule has 0 unspecified atom stereocenters. The third kappa shape index (κ3) is 4.99. The highest BCUT2D eigenvalue weighted by Crippen LogP contribution is 2.33. The molecular weight excluding hydrogens is 366 g/mol. The van der Waals surface area contributed by atoms with Gasteiger partial charge in [0.2, 0.25) is 5.91 Å². The van der Waals surface area contributed by atoms with E-state index >= 15 is 0 Å². The molecule has 0 saturated heterocycles. The van der Waals surface area contributed by atoms with Crippen molar-refractivity contribution in [3.05, 3.63) is 83.8 Å². The van der Waals surface area contributed by atoms with Gasteiger partial charge in [-0.3, -0.25) is 4.79 Å². The maximum atomic E-state index is 12.7. The van der Waals surface area contributed by atoms with Gasteiger partial charge in [-0.2, -0.15) is 0 Å². The molecule has 2 aromatic carbocycles. The molecule has 1 aromatic heterocycles. The summed E-state index contributed by atoms with van der Waals surface area (Å²) in [7, 11) is 1.63. The molecule has 1 amide bonds. The summed E-state index contributed by atoms with van der Waals surface area (Å²) in [6.07, 6.45) is 3.59. The number of benzene rings is 2. The van der Waals surface area contributed by atoms with Crippen LogP contribution in [0.4, 0.5) is 0 Å². The van der Waals surface area contributed by atoms with Crippen molar-refractivity contribution in [2.24, 2.45) is 5.92 Å². The second-order valence-corrected chi connectivity index (χ2v) is 7.31. The summed E-state index contributed by atoms with van der Waals surface area (Å²) in [5.41, 5.74) is 2.09. The summed E-state index contributed by atoms with van der Waals surface area (Å²) >= 11 is 0. The van der Waals surface area contributed by atoms with Gasteiger partial charge in [0.15, 0.2) is 11.5 Å². The summed E-state index contributed by atoms with van der Waals surface area (Å²) < 4.78 is 16.9. The highest BCUT2D eigenvalue weighted by Gasteiger charge is 2.33. The summed E-state index contributed by atoms with van der Waals surface area (Å²) in [6.45, 7) is 1.45. The molecule has 1 heterocycles. The van der Waals surface area contributed by atoms with Crippen molar-refractivity contribution < 1.29 is 18.7 Å². The molecule has 3 aromatic rings. The first-order valence-electron chi connectivity index (χ1n) is 9.88. The molecule has 0 N–H and O–H groups in total. The van der Waals surface area contributed by atoms with Crippen LogP contribution in [0, 0.1) is 5.92 Å². The molecule has 0 aliphatic heterocycles. The van der Waals surface area contributed by atoms with E-state index in [9.17, 15) is 4.79 Å². The Kier molecular flexibility index (Phi) is 5.84. The number of amides is 1. The van der Waals surface area contributed by atoms with Crippen LogP contribution in [0.1, 0.15) is 29.7 Å². The minimum absolute atomic E-state index is 0.153. The van der Waals surface area contributed by atoms with Gasteiger partial charge in [-0.05, 0) is 48.2 Å². The first-order valence-corrected chi connectivity index (χ1v) is 9.88. The molecule has 0 radical (unpaired) electrons. The lowest BCUT2D eigenvalue weighted by atomic mass is 10.1. The third-order valence-corrected chi connectivity index (χ3v) is 5.00. The lowest BCUT2D eigenvalue weighted by molar-refractivity contribution is -0.134. The number of hydrogen-bond acceptors (Lipinski definition) is 4. The summed E-state index contributed by atoms with van der Waals surface area (Å²) in [5, 5.41) is 0. The number of nitrogens with zero attached hydrogens (tertiary/aromatic N) is 1. The minimum atomic E-state index is 0.153. The van der Waals surface area contributed by atoms with Crippen LogP contribution in [-0.2, 0) is 24.5 Å². The third-order valence-electron chi connectivity index (χ3n) is 5.00. The molecular formula is C24H25NO4. The lowest BCUT2D eigenvalue weighted by Gasteiger charge is -2.22. The topological polar surface area (TPSA) is 51.9 Å². The molecule has 5 heteroatoms. The molecule has 1 aliphatic rings. The van der Waals surface area contributed by atoms with Gasteiger partial charge in [-0.1, -0.05) is 36.4 Å². The molecule has 1 aliphatic carbocycles. The first kappa shape index (κ1) is 19.1. The molecule has 0 spiro atoms. The van der Waals surface area contributed by atoms with Gasteiger partial charge >= 0.3 is 0 Å². The summed E-state index contributed by atoms with van der Waals surface area (Å²) in [4.78, 5) is 14.6. The van der Waals surface area contributed by atoms with Crippen molar-refractivity contribution in [1.82, 2.24) is 4.90 Å². The first-order chi connectivity index (χ1) is 14.2. The van der Waals surface area contributed by atoms with Crippen LogP contribution in [0.15, 0.2) is 71.3 Å². The zero-order chi connectivity index (χ0) is 20.1. The van der Waals surface area contributed by atoms with E-state index < -0.39 is 0 Å². The molecule has 0 atom stereocenters. The summed E-state index contributed by atoms with van der Waals surface area (Å²) in [6, 6.07) is 19.6. The zero-order valence-electron chi connectivity index (χ0n) is 16.5. The fourth-order valence-electron chi connectivity index (χ4n) is 3.28. The maximum Gasteiger partial charge on any atom is 0.226 e. The van der Waals surface area contributed by atoms with Gasteiger partial charge in [0, 0.05) is 12.5 Å². The fourth-order valence-corrected chi connectivity index (χ4v) is 3.28. The Bertz CT molecular complexity index is 933. The van der Waals surface area contributed by atoms with Crippen LogP contribution in [0.3, 0.4) is 0 Å². The van der Waals surface area contributed by atoms with Crippen LogP contribution < -0.4 is 9.47 Å². The van der Waals surface area contributed by atoms with E-state index in [1.54, 1.807) is 13.4 Å². The predicted octanol–water partition coefficient (Wildman–Crippen LogP) is 4.81. The Balaban J connectivity index is 1.47. The van der Waals surface area contributed by atoms with E-state index in [0.29, 0.717) is 31.2 Å². The Morgan fingerprint density at radius 3 is 2.52 bits per heavy atom. The molecule has 150 valence electrons. The highest BCUT2D eigenvalue weighted by molar-refractivity contribution is 5.81. The van der Waals surface area contributed by atoms with E-state index in [0.717, 1.165) is 29.7 Å². The quantitative estimate of drug-likeness (QED) is 0.525. The fraction of sp³-hybridized carbons (Fsp3) is 0.292. The highest BCUT2D eigenvalue weighted by atomic mass is 16.5. The second-order valence-electron chi connectivity index (χ2n) is 7.31. The lowest BCUT2D eigenvalue weighted by Crippen LogP contribution is -2.31. The molecule has 0 bridgehead atoms. The SMILES string of the molecule is COc1cc(CN(Cc2ccco2)C(=O)C2CC2)ccc1OCc1ccccc1. The van der Waals surface area contributed by atoms with Crippen molar-refractivity contribution in [3.8, 4) is 11.5 Å². The Morgan fingerprint density at radius 2 is 1.83 bits per heavy atom. The van der Waals surface area contributed by atoms with Gasteiger partial charge in [0.25, 0.3) is 0 Å². The Morgan fingerprint density at radius 1 is 1.00 bits per heavy atom. The zero-order valence-corrected chi connectivity index (χ0v) is 16.5. The second kappa shape index (κ2) is 8.86. The minimum Gasteiger partial charge on any atom is -0.493 e. The van der Waals surface area contributed by atoms with Crippen LogP contribution in [0.25, 0.3) is 0 Å². The van der Waals surface area contributed by atoms with Crippen molar-refractivity contribution >= 4 is 5.91 Å². The van der Waals surface area contributed by atoms with Gasteiger partial charge in [0.1, 0.15) is 12.4 Å². The Labute approximate surface area is 170 Å². The number of methoxy groups -OCH3 is 1. The van der Waals surface area contributed by atoms with Gasteiger partial charge in [0.05, 0.1) is 19.9 Å². The van der Waals surface area contributed by atoms with Crippen molar-refractivity contribution in [2.75, 3.05) is 7.11 Å². The maximum absolute atomic E-state index is 12.7. The van der Waals surface area contributed by atoms with Crippen LogP contribution >= 0.6 is 0 Å². The predicted molar refractivity (Wildman–Crippen MR) is 109 cm³/mol. The number of furan rings is 1. The van der Waals surface area contributed by atoms with Crippen LogP contribution in [0.2, 0.25) is 0 Å². The van der Waals surface area contributed by atoms with E-state index in [-0.39, 0.29) is 11.8 Å². The number of rotatable bonds is 9. The monoisotopic (exact) mass is 391 g/mol. The molecule has 4 rings (SSSR count). The van der Waals surface area contributed by atoms with Crippen LogP contribution in [-0.4, -0.2) is 17.9 Å². The summed E-state index contributed by atoms with van der Waals surface area (Å²) in [5.74, 6) is 2.47. The average molecular weight is 391 g/mol. The number of ether oxygens (including phenoxy) is 2. The molecule has 1 saturated carbocycles. The van der Waals surface area contributed by atoms with E-state index in [1.165, 1.54) is 0 Å². The van der Waals surface area contributed by atoms with E-state index in [4.69, 9.17) is 13.9 Å². The van der Waals surface area contributed by atoms with Gasteiger partial charge < -0.3 is 18.8 Å². The van der Waals surface area contributed by atoms with Gasteiger partial charge in [-0.25, -0.2) is 0 Å². The van der Waals surface area contributed by atoms with E-state index in [1.807, 2.05) is 65.6 Å². The number of hydrogen-bond donors (Lipinski definition) is 0. The van der Waals surface area contributed by atoms with Crippen molar-refractivity contribution in [3.63, 3.8) is 0 Å². The van der Waals surface area contributed by atoms with Crippen molar-refractivity contribution in [2.45, 2.75) is 32.5 Å². The van der Waals surface area contributed by atoms with Gasteiger partial charge in [-0.15, -0.1) is 0 Å². The standard InChI is InChI=1S/C24H25NO4/c1-27-23-14-19(9-12-22(23)29-17-18-6-3-2-4-7-18)15-25(24(26)20-10-11-20)16-21-8-5-13-28-21/h2-9,12-14,20H,10-11,15-17H2,1H3. The molecule has 1 fully saturated rings. The van der Waals surface area contributed by atoms with Crippen LogP contribution in [0.5, 0.6) is 11.5 Å². The van der Waals surface area contributed by atoms with Crippen molar-refractivity contribution in [1.29, 1.82) is 0 Å². The molecule has 5 nitrogen and oxygen atoms in total. The normalized spacial score (nSPS) is 13.1. The van der Waals surface area contributed by atoms with E-state index in [2.05, 4.69) is 0 Å². The number of carbonyl (C=O) groups excluding carboxylic acids is 1. The number of carbonyl (C=O) groups is 1. The Hall–Kier alpha value is -3.21. The molecule has 29 heavy (non-hydrogen) atoms.